The number of rotatable bonds is 6. The molecule has 1 aliphatic heterocycles. The van der Waals surface area contributed by atoms with Gasteiger partial charge in [0.05, 0.1) is 23.3 Å². The minimum Gasteiger partial charge on any atom is -0.384 e. The summed E-state index contributed by atoms with van der Waals surface area (Å²) in [6, 6.07) is 19.5. The molecule has 1 atom stereocenters. The average molecular weight is 566 g/mol. The van der Waals surface area contributed by atoms with Gasteiger partial charge in [-0.15, -0.1) is 10.2 Å². The standard InChI is InChI=1S/C29H23N7O2S2/c30-14-20-25(18-8-5-13-32-15-18)26-22(11-4-12-23(26)37)36(27(20)31)28-34-35-29(40-28)39-16-24(38)33-21-10-3-7-17-6-1-2-9-19(17)21/h1-3,5-10,13,15,25H,4,11-12,16,31H2,(H,33,38). The van der Waals surface area contributed by atoms with Gasteiger partial charge in [-0.1, -0.05) is 65.6 Å². The van der Waals surface area contributed by atoms with Crippen molar-refractivity contribution >= 4 is 56.4 Å². The lowest BCUT2D eigenvalue weighted by molar-refractivity contribution is -0.116. The number of pyridine rings is 1. The van der Waals surface area contributed by atoms with Crippen LogP contribution in [-0.4, -0.2) is 32.6 Å². The molecule has 6 rings (SSSR count). The van der Waals surface area contributed by atoms with E-state index in [2.05, 4.69) is 26.6 Å². The third-order valence-electron chi connectivity index (χ3n) is 6.91. The second-order valence-electron chi connectivity index (χ2n) is 9.32. The first-order valence-corrected chi connectivity index (χ1v) is 14.5. The van der Waals surface area contributed by atoms with Gasteiger partial charge in [-0.25, -0.2) is 0 Å². The molecule has 9 nitrogen and oxygen atoms in total. The lowest BCUT2D eigenvalue weighted by Crippen LogP contribution is -2.38. The lowest BCUT2D eigenvalue weighted by atomic mass is 9.76. The number of fused-ring (bicyclic) bond motifs is 1. The Bertz CT molecular complexity index is 1730. The number of ketones is 1. The Labute approximate surface area is 238 Å². The van der Waals surface area contributed by atoms with Crippen LogP contribution in [0.5, 0.6) is 0 Å². The van der Waals surface area contributed by atoms with E-state index in [4.69, 9.17) is 5.73 Å². The largest absolute Gasteiger partial charge is 0.384 e. The normalized spacial score (nSPS) is 17.1. The van der Waals surface area contributed by atoms with Crippen LogP contribution in [-0.2, 0) is 9.59 Å². The Morgan fingerprint density at radius 1 is 1.15 bits per heavy atom. The fourth-order valence-electron chi connectivity index (χ4n) is 5.18. The van der Waals surface area contributed by atoms with Crippen LogP contribution in [0.4, 0.5) is 10.8 Å². The van der Waals surface area contributed by atoms with Crippen molar-refractivity contribution in [1.82, 2.24) is 15.2 Å². The number of nitriles is 1. The molecule has 0 saturated carbocycles. The number of Topliss-reactive ketones (excluding diaryl/α,β-unsaturated/α-hetero) is 1. The highest BCUT2D eigenvalue weighted by molar-refractivity contribution is 8.01. The number of carbonyl (C=O) groups is 2. The molecule has 1 unspecified atom stereocenters. The van der Waals surface area contributed by atoms with Crippen LogP contribution in [0.2, 0.25) is 0 Å². The van der Waals surface area contributed by atoms with Gasteiger partial charge in [0.1, 0.15) is 5.82 Å². The van der Waals surface area contributed by atoms with Gasteiger partial charge >= 0.3 is 0 Å². The number of nitrogens with zero attached hydrogens (tertiary/aromatic N) is 5. The van der Waals surface area contributed by atoms with Crippen molar-refractivity contribution in [1.29, 1.82) is 5.26 Å². The van der Waals surface area contributed by atoms with Gasteiger partial charge < -0.3 is 11.1 Å². The second kappa shape index (κ2) is 10.9. The van der Waals surface area contributed by atoms with Gasteiger partial charge in [-0.3, -0.25) is 19.5 Å². The molecular weight excluding hydrogens is 543 g/mol. The van der Waals surface area contributed by atoms with Crippen molar-refractivity contribution in [3.05, 3.63) is 95.2 Å². The van der Waals surface area contributed by atoms with Crippen molar-refractivity contribution in [3.63, 3.8) is 0 Å². The summed E-state index contributed by atoms with van der Waals surface area (Å²) in [5.41, 5.74) is 9.67. The third-order valence-corrected chi connectivity index (χ3v) is 8.95. The fraction of sp³-hybridized carbons (Fsp3) is 0.172. The number of thioether (sulfide) groups is 1. The van der Waals surface area contributed by atoms with E-state index in [1.807, 2.05) is 48.5 Å². The van der Waals surface area contributed by atoms with Crippen molar-refractivity contribution in [2.75, 3.05) is 16.0 Å². The number of carbonyl (C=O) groups excluding carboxylic acids is 2. The quantitative estimate of drug-likeness (QED) is 0.305. The zero-order valence-corrected chi connectivity index (χ0v) is 22.8. The second-order valence-corrected chi connectivity index (χ2v) is 11.5. The molecule has 1 amide bonds. The average Bonchev–Trinajstić information content (AvgIpc) is 3.45. The number of benzene rings is 2. The van der Waals surface area contributed by atoms with Crippen molar-refractivity contribution in [3.8, 4) is 6.07 Å². The summed E-state index contributed by atoms with van der Waals surface area (Å²) in [6.45, 7) is 0. The molecule has 2 aromatic carbocycles. The van der Waals surface area contributed by atoms with Gasteiger partial charge in [0, 0.05) is 41.2 Å². The van der Waals surface area contributed by atoms with Gasteiger partial charge in [0.25, 0.3) is 0 Å². The van der Waals surface area contributed by atoms with Crippen LogP contribution in [0.25, 0.3) is 10.8 Å². The summed E-state index contributed by atoms with van der Waals surface area (Å²) < 4.78 is 0.577. The number of allylic oxidation sites excluding steroid dienone is 3. The smallest absolute Gasteiger partial charge is 0.234 e. The van der Waals surface area contributed by atoms with Gasteiger partial charge in [-0.05, 0) is 35.9 Å². The first-order valence-electron chi connectivity index (χ1n) is 12.6. The van der Waals surface area contributed by atoms with Crippen molar-refractivity contribution < 1.29 is 9.59 Å². The molecule has 0 radical (unpaired) electrons. The van der Waals surface area contributed by atoms with E-state index in [0.717, 1.165) is 27.7 Å². The number of nitrogens with one attached hydrogen (secondary N) is 1. The third kappa shape index (κ3) is 4.72. The Kier molecular flexibility index (Phi) is 7.02. The van der Waals surface area contributed by atoms with E-state index in [1.165, 1.54) is 23.1 Å². The summed E-state index contributed by atoms with van der Waals surface area (Å²) in [5, 5.41) is 24.2. The van der Waals surface area contributed by atoms with E-state index in [-0.39, 0.29) is 28.8 Å². The van der Waals surface area contributed by atoms with Crippen LogP contribution in [0.1, 0.15) is 30.7 Å². The summed E-state index contributed by atoms with van der Waals surface area (Å²) in [6.07, 6.45) is 5.02. The number of amides is 1. The highest BCUT2D eigenvalue weighted by Gasteiger charge is 2.41. The van der Waals surface area contributed by atoms with Gasteiger partial charge in [0.2, 0.25) is 11.0 Å². The fourth-order valence-corrected chi connectivity index (χ4v) is 6.86. The molecule has 2 aliphatic rings. The minimum atomic E-state index is -0.572. The minimum absolute atomic E-state index is 0.00965. The topological polar surface area (TPSA) is 138 Å². The van der Waals surface area contributed by atoms with E-state index >= 15 is 0 Å². The molecule has 2 aromatic heterocycles. The van der Waals surface area contributed by atoms with Crippen molar-refractivity contribution in [2.45, 2.75) is 29.5 Å². The monoisotopic (exact) mass is 565 g/mol. The molecule has 11 heteroatoms. The van der Waals surface area contributed by atoms with Crippen LogP contribution in [0, 0.1) is 11.3 Å². The van der Waals surface area contributed by atoms with Crippen molar-refractivity contribution in [2.24, 2.45) is 5.73 Å². The summed E-state index contributed by atoms with van der Waals surface area (Å²) in [5.74, 6) is -0.375. The molecule has 3 heterocycles. The Morgan fingerprint density at radius 3 is 2.83 bits per heavy atom. The van der Waals surface area contributed by atoms with Gasteiger partial charge in [-0.2, -0.15) is 5.26 Å². The molecule has 198 valence electrons. The number of nitrogens with two attached hydrogens (primary N) is 1. The number of hydrogen-bond donors (Lipinski definition) is 2. The molecule has 0 saturated heterocycles. The maximum absolute atomic E-state index is 13.2. The maximum atomic E-state index is 13.2. The van der Waals surface area contributed by atoms with Crippen LogP contribution < -0.4 is 16.0 Å². The molecule has 40 heavy (non-hydrogen) atoms. The first kappa shape index (κ1) is 25.7. The number of hydrogen-bond acceptors (Lipinski definition) is 10. The first-order chi connectivity index (χ1) is 19.5. The van der Waals surface area contributed by atoms with E-state index in [0.29, 0.717) is 34.3 Å². The number of anilines is 2. The maximum Gasteiger partial charge on any atom is 0.234 e. The molecule has 1 aliphatic carbocycles. The molecular formula is C29H23N7O2S2. The Morgan fingerprint density at radius 2 is 2.00 bits per heavy atom. The number of aromatic nitrogens is 3. The predicted molar refractivity (Wildman–Crippen MR) is 155 cm³/mol. The summed E-state index contributed by atoms with van der Waals surface area (Å²) in [7, 11) is 0. The zero-order valence-electron chi connectivity index (χ0n) is 21.2. The van der Waals surface area contributed by atoms with E-state index in [1.54, 1.807) is 23.4 Å². The highest BCUT2D eigenvalue weighted by atomic mass is 32.2. The molecule has 4 aromatic rings. The summed E-state index contributed by atoms with van der Waals surface area (Å²) in [4.78, 5) is 31.9. The van der Waals surface area contributed by atoms with E-state index < -0.39 is 5.92 Å². The van der Waals surface area contributed by atoms with E-state index in [9.17, 15) is 14.9 Å². The van der Waals surface area contributed by atoms with Gasteiger partial charge in [0.15, 0.2) is 10.1 Å². The zero-order chi connectivity index (χ0) is 27.6. The molecule has 0 bridgehead atoms. The Hall–Kier alpha value is -4.53. The van der Waals surface area contributed by atoms with Crippen LogP contribution in [0.15, 0.2) is 94.0 Å². The Balaban J connectivity index is 1.25. The van der Waals surface area contributed by atoms with Crippen LogP contribution >= 0.6 is 23.1 Å². The van der Waals surface area contributed by atoms with Crippen LogP contribution in [0.3, 0.4) is 0 Å². The molecule has 0 fully saturated rings. The lowest BCUT2D eigenvalue weighted by Gasteiger charge is -2.37. The predicted octanol–water partition coefficient (Wildman–Crippen LogP) is 5.12. The SMILES string of the molecule is N#CC1=C(N)N(c2nnc(SCC(=O)Nc3cccc4ccccc34)s2)C2=C(C(=O)CCC2)C1c1cccnc1. The summed E-state index contributed by atoms with van der Waals surface area (Å²) >= 11 is 2.53. The highest BCUT2D eigenvalue weighted by Crippen LogP contribution is 2.47. The molecule has 0 spiro atoms. The molecule has 3 N–H and O–H groups in total.